The van der Waals surface area contributed by atoms with Crippen molar-refractivity contribution in [1.29, 1.82) is 0 Å². The van der Waals surface area contributed by atoms with Gasteiger partial charge in [-0.15, -0.1) is 0 Å². The second-order valence-electron chi connectivity index (χ2n) is 6.26. The molecule has 6 nitrogen and oxygen atoms in total. The van der Waals surface area contributed by atoms with Crippen molar-refractivity contribution in [3.05, 3.63) is 88.9 Å². The highest BCUT2D eigenvalue weighted by atomic mass is 79.9. The first kappa shape index (κ1) is 21.4. The Bertz CT molecular complexity index is 978. The quantitative estimate of drug-likeness (QED) is 0.459. The highest BCUT2D eigenvalue weighted by Gasteiger charge is 2.13. The van der Waals surface area contributed by atoms with Gasteiger partial charge in [-0.25, -0.2) is 0 Å². The third-order valence-corrected chi connectivity index (χ3v) is 4.55. The van der Waals surface area contributed by atoms with Crippen molar-refractivity contribution in [3.63, 3.8) is 0 Å². The van der Waals surface area contributed by atoms with E-state index >= 15 is 0 Å². The van der Waals surface area contributed by atoms with E-state index in [0.29, 0.717) is 30.2 Å². The molecule has 0 spiro atoms. The summed E-state index contributed by atoms with van der Waals surface area (Å²) in [4.78, 5) is 24.6. The van der Waals surface area contributed by atoms with Crippen molar-refractivity contribution in [2.75, 3.05) is 25.1 Å². The summed E-state index contributed by atoms with van der Waals surface area (Å²) < 4.78 is 12.1. The van der Waals surface area contributed by atoms with Crippen molar-refractivity contribution in [2.24, 2.45) is 0 Å². The van der Waals surface area contributed by atoms with E-state index in [1.54, 1.807) is 36.4 Å². The molecule has 7 heteroatoms. The molecule has 2 N–H and O–H groups in total. The number of carbonyl (C=O) groups is 2. The maximum absolute atomic E-state index is 12.5. The lowest BCUT2D eigenvalue weighted by Gasteiger charge is -2.12. The van der Waals surface area contributed by atoms with Crippen LogP contribution in [0.5, 0.6) is 11.5 Å². The van der Waals surface area contributed by atoms with E-state index in [-0.39, 0.29) is 18.4 Å². The summed E-state index contributed by atoms with van der Waals surface area (Å²) >= 11 is 3.35. The van der Waals surface area contributed by atoms with Gasteiger partial charge in [0.05, 0.1) is 12.1 Å². The summed E-state index contributed by atoms with van der Waals surface area (Å²) in [6.45, 7) is 0.470. The van der Waals surface area contributed by atoms with Crippen molar-refractivity contribution in [3.8, 4) is 11.5 Å². The maximum atomic E-state index is 12.5. The average molecular weight is 469 g/mol. The number of carbonyl (C=O) groups excluding carboxylic acids is 2. The Morgan fingerprint density at radius 2 is 1.53 bits per heavy atom. The van der Waals surface area contributed by atoms with Crippen LogP contribution in [0.15, 0.2) is 83.3 Å². The van der Waals surface area contributed by atoms with Crippen LogP contribution >= 0.6 is 15.9 Å². The van der Waals surface area contributed by atoms with Gasteiger partial charge in [0.25, 0.3) is 11.8 Å². The smallest absolute Gasteiger partial charge is 0.262 e. The molecular formula is C23H21BrN2O4. The molecule has 154 valence electrons. The molecule has 0 aliphatic carbocycles. The molecule has 0 aliphatic heterocycles. The number of hydrogen-bond acceptors (Lipinski definition) is 4. The SMILES string of the molecule is O=C(COc1ccccc1C(=O)NCCOc1ccccc1)Nc1ccc(Br)cc1. The monoisotopic (exact) mass is 468 g/mol. The number of nitrogens with one attached hydrogen (secondary N) is 2. The van der Waals surface area contributed by atoms with Gasteiger partial charge in [-0.05, 0) is 48.5 Å². The number of amides is 2. The fourth-order valence-corrected chi connectivity index (χ4v) is 2.86. The highest BCUT2D eigenvalue weighted by Crippen LogP contribution is 2.18. The number of para-hydroxylation sites is 2. The van der Waals surface area contributed by atoms with E-state index in [1.165, 1.54) is 0 Å². The minimum Gasteiger partial charge on any atom is -0.492 e. The molecule has 0 aliphatic rings. The van der Waals surface area contributed by atoms with Gasteiger partial charge in [0.1, 0.15) is 18.1 Å². The Morgan fingerprint density at radius 1 is 0.833 bits per heavy atom. The van der Waals surface area contributed by atoms with Crippen LogP contribution < -0.4 is 20.1 Å². The molecule has 0 fully saturated rings. The lowest BCUT2D eigenvalue weighted by molar-refractivity contribution is -0.118. The van der Waals surface area contributed by atoms with Crippen molar-refractivity contribution in [1.82, 2.24) is 5.32 Å². The van der Waals surface area contributed by atoms with Gasteiger partial charge in [0.15, 0.2) is 6.61 Å². The number of anilines is 1. The van der Waals surface area contributed by atoms with E-state index in [1.807, 2.05) is 42.5 Å². The number of benzene rings is 3. The van der Waals surface area contributed by atoms with E-state index in [9.17, 15) is 9.59 Å². The first-order valence-corrected chi connectivity index (χ1v) is 10.1. The summed E-state index contributed by atoms with van der Waals surface area (Å²) in [6, 6.07) is 23.4. The number of rotatable bonds is 9. The van der Waals surface area contributed by atoms with Crippen molar-refractivity contribution >= 4 is 33.4 Å². The lowest BCUT2D eigenvalue weighted by atomic mass is 10.2. The summed E-state index contributed by atoms with van der Waals surface area (Å²) in [7, 11) is 0. The van der Waals surface area contributed by atoms with Crippen LogP contribution in [0.2, 0.25) is 0 Å². The number of halogens is 1. The third kappa shape index (κ3) is 6.63. The zero-order chi connectivity index (χ0) is 21.2. The zero-order valence-electron chi connectivity index (χ0n) is 16.1. The normalized spacial score (nSPS) is 10.2. The molecule has 0 saturated heterocycles. The first-order chi connectivity index (χ1) is 14.6. The average Bonchev–Trinajstić information content (AvgIpc) is 2.77. The van der Waals surface area contributed by atoms with Gasteiger partial charge in [0, 0.05) is 10.2 Å². The molecule has 3 aromatic rings. The van der Waals surface area contributed by atoms with Crippen LogP contribution in [0.3, 0.4) is 0 Å². The predicted molar refractivity (Wildman–Crippen MR) is 119 cm³/mol. The second kappa shape index (κ2) is 11.0. The number of ether oxygens (including phenoxy) is 2. The van der Waals surface area contributed by atoms with Gasteiger partial charge >= 0.3 is 0 Å². The summed E-state index contributed by atoms with van der Waals surface area (Å²) in [6.07, 6.45) is 0. The Labute approximate surface area is 183 Å². The van der Waals surface area contributed by atoms with Crippen LogP contribution in [0.1, 0.15) is 10.4 Å². The van der Waals surface area contributed by atoms with Crippen LogP contribution in [0, 0.1) is 0 Å². The molecule has 0 aromatic heterocycles. The summed E-state index contributed by atoms with van der Waals surface area (Å²) in [5.74, 6) is 0.469. The Kier molecular flexibility index (Phi) is 7.86. The van der Waals surface area contributed by atoms with Gasteiger partial charge in [-0.3, -0.25) is 9.59 Å². The topological polar surface area (TPSA) is 76.7 Å². The minimum absolute atomic E-state index is 0.211. The molecule has 0 unspecified atom stereocenters. The molecule has 0 bridgehead atoms. The largest absolute Gasteiger partial charge is 0.492 e. The predicted octanol–water partition coefficient (Wildman–Crippen LogP) is 4.28. The van der Waals surface area contributed by atoms with Crippen LogP contribution in [-0.4, -0.2) is 31.6 Å². The molecule has 0 radical (unpaired) electrons. The molecule has 3 rings (SSSR count). The van der Waals surface area contributed by atoms with Crippen molar-refractivity contribution in [2.45, 2.75) is 0 Å². The molecule has 0 saturated carbocycles. The summed E-state index contributed by atoms with van der Waals surface area (Å²) in [5, 5.41) is 5.54. The molecule has 30 heavy (non-hydrogen) atoms. The molecular weight excluding hydrogens is 448 g/mol. The van der Waals surface area contributed by atoms with E-state index in [4.69, 9.17) is 9.47 Å². The van der Waals surface area contributed by atoms with E-state index < -0.39 is 0 Å². The molecule has 2 amide bonds. The fraction of sp³-hybridized carbons (Fsp3) is 0.130. The number of hydrogen-bond donors (Lipinski definition) is 2. The standard InChI is InChI=1S/C23H21BrN2O4/c24-17-10-12-18(13-11-17)26-22(27)16-30-21-9-5-4-8-20(21)23(28)25-14-15-29-19-6-2-1-3-7-19/h1-13H,14-16H2,(H,25,28)(H,26,27). The fourth-order valence-electron chi connectivity index (χ4n) is 2.60. The second-order valence-corrected chi connectivity index (χ2v) is 7.17. The van der Waals surface area contributed by atoms with Gasteiger partial charge < -0.3 is 20.1 Å². The van der Waals surface area contributed by atoms with E-state index in [2.05, 4.69) is 26.6 Å². The van der Waals surface area contributed by atoms with Crippen LogP contribution in [0.4, 0.5) is 5.69 Å². The Balaban J connectivity index is 1.48. The van der Waals surface area contributed by atoms with Crippen molar-refractivity contribution < 1.29 is 19.1 Å². The molecule has 0 heterocycles. The maximum Gasteiger partial charge on any atom is 0.262 e. The van der Waals surface area contributed by atoms with E-state index in [0.717, 1.165) is 10.2 Å². The van der Waals surface area contributed by atoms with Crippen LogP contribution in [0.25, 0.3) is 0 Å². The minimum atomic E-state index is -0.316. The summed E-state index contributed by atoms with van der Waals surface area (Å²) in [5.41, 5.74) is 1.02. The van der Waals surface area contributed by atoms with Gasteiger partial charge in [0.2, 0.25) is 0 Å². The molecule has 3 aromatic carbocycles. The van der Waals surface area contributed by atoms with Gasteiger partial charge in [-0.1, -0.05) is 46.3 Å². The van der Waals surface area contributed by atoms with Crippen LogP contribution in [-0.2, 0) is 4.79 Å². The Morgan fingerprint density at radius 3 is 2.30 bits per heavy atom. The highest BCUT2D eigenvalue weighted by molar-refractivity contribution is 9.10. The third-order valence-electron chi connectivity index (χ3n) is 4.02. The lowest BCUT2D eigenvalue weighted by Crippen LogP contribution is -2.29. The first-order valence-electron chi connectivity index (χ1n) is 9.35. The molecule has 0 atom stereocenters. The zero-order valence-corrected chi connectivity index (χ0v) is 17.7. The Hall–Kier alpha value is -3.32. The van der Waals surface area contributed by atoms with Gasteiger partial charge in [-0.2, -0.15) is 0 Å².